The average molecular weight is 412 g/mol. The fraction of sp³-hybridized carbons (Fsp3) is 0.105. The second kappa shape index (κ2) is 7.85. The van der Waals surface area contributed by atoms with Gasteiger partial charge in [0.2, 0.25) is 0 Å². The zero-order chi connectivity index (χ0) is 18.5. The summed E-state index contributed by atoms with van der Waals surface area (Å²) in [5.41, 5.74) is 2.61. The van der Waals surface area contributed by atoms with Gasteiger partial charge in [-0.2, -0.15) is 5.26 Å². The highest BCUT2D eigenvalue weighted by Gasteiger charge is 2.11. The SMILES string of the molecule is COC(=O)COc1ccc(Br)cc1/C=C(\C#N)c1nc2ccccc2[nH]1. The molecule has 3 aromatic rings. The first-order chi connectivity index (χ1) is 12.6. The van der Waals surface area contributed by atoms with E-state index in [4.69, 9.17) is 4.74 Å². The third-order valence-corrected chi connectivity index (χ3v) is 4.10. The molecule has 0 radical (unpaired) electrons. The number of nitriles is 1. The average Bonchev–Trinajstić information content (AvgIpc) is 3.09. The van der Waals surface area contributed by atoms with E-state index in [1.807, 2.05) is 24.3 Å². The van der Waals surface area contributed by atoms with E-state index in [2.05, 4.69) is 36.7 Å². The Hall–Kier alpha value is -3.11. The van der Waals surface area contributed by atoms with Crippen molar-refractivity contribution in [2.45, 2.75) is 0 Å². The number of methoxy groups -OCH3 is 1. The number of hydrogen-bond donors (Lipinski definition) is 1. The highest BCUT2D eigenvalue weighted by atomic mass is 79.9. The number of nitrogens with one attached hydrogen (secondary N) is 1. The van der Waals surface area contributed by atoms with Gasteiger partial charge in [0.15, 0.2) is 6.61 Å². The number of H-pyrrole nitrogens is 1. The van der Waals surface area contributed by atoms with E-state index < -0.39 is 5.97 Å². The van der Waals surface area contributed by atoms with E-state index in [1.165, 1.54) is 7.11 Å². The van der Waals surface area contributed by atoms with Crippen LogP contribution in [0.2, 0.25) is 0 Å². The molecule has 7 heteroatoms. The van der Waals surface area contributed by atoms with Crippen LogP contribution in [-0.4, -0.2) is 29.7 Å². The second-order valence-corrected chi connectivity index (χ2v) is 6.24. The first-order valence-electron chi connectivity index (χ1n) is 7.67. The molecular weight excluding hydrogens is 398 g/mol. The van der Waals surface area contributed by atoms with Crippen molar-refractivity contribution in [3.63, 3.8) is 0 Å². The molecule has 26 heavy (non-hydrogen) atoms. The predicted molar refractivity (Wildman–Crippen MR) is 101 cm³/mol. The Labute approximate surface area is 158 Å². The number of carbonyl (C=O) groups excluding carboxylic acids is 1. The number of esters is 1. The van der Waals surface area contributed by atoms with Crippen LogP contribution < -0.4 is 4.74 Å². The number of ether oxygens (including phenoxy) is 2. The zero-order valence-electron chi connectivity index (χ0n) is 13.8. The molecule has 130 valence electrons. The van der Waals surface area contributed by atoms with Crippen molar-refractivity contribution < 1.29 is 14.3 Å². The summed E-state index contributed by atoms with van der Waals surface area (Å²) in [6.45, 7) is -0.217. The Morgan fingerprint density at radius 1 is 1.35 bits per heavy atom. The van der Waals surface area contributed by atoms with Crippen molar-refractivity contribution in [2.24, 2.45) is 0 Å². The zero-order valence-corrected chi connectivity index (χ0v) is 15.4. The summed E-state index contributed by atoms with van der Waals surface area (Å²) in [5, 5.41) is 9.58. The van der Waals surface area contributed by atoms with E-state index >= 15 is 0 Å². The molecule has 0 aliphatic rings. The Bertz CT molecular complexity index is 1000. The van der Waals surface area contributed by atoms with Crippen LogP contribution in [-0.2, 0) is 9.53 Å². The number of aromatic amines is 1. The highest BCUT2D eigenvalue weighted by molar-refractivity contribution is 9.10. The minimum absolute atomic E-state index is 0.217. The third kappa shape index (κ3) is 3.92. The van der Waals surface area contributed by atoms with Crippen LogP contribution in [0.5, 0.6) is 5.75 Å². The van der Waals surface area contributed by atoms with Gasteiger partial charge in [0.1, 0.15) is 17.6 Å². The molecule has 2 aromatic carbocycles. The molecule has 1 aromatic heterocycles. The number of nitrogens with zero attached hydrogens (tertiary/aromatic N) is 2. The van der Waals surface area contributed by atoms with Crippen molar-refractivity contribution in [3.05, 3.63) is 58.3 Å². The molecule has 1 N–H and O–H groups in total. The molecule has 0 spiro atoms. The van der Waals surface area contributed by atoms with E-state index in [9.17, 15) is 10.1 Å². The molecule has 0 aliphatic heterocycles. The van der Waals surface area contributed by atoms with Crippen LogP contribution in [0.25, 0.3) is 22.7 Å². The molecule has 0 amide bonds. The minimum Gasteiger partial charge on any atom is -0.481 e. The summed E-state index contributed by atoms with van der Waals surface area (Å²) >= 11 is 3.40. The van der Waals surface area contributed by atoms with Gasteiger partial charge in [-0.1, -0.05) is 28.1 Å². The number of para-hydroxylation sites is 2. The van der Waals surface area contributed by atoms with Gasteiger partial charge in [-0.05, 0) is 36.4 Å². The summed E-state index contributed by atoms with van der Waals surface area (Å²) in [6, 6.07) is 15.0. The van der Waals surface area contributed by atoms with Gasteiger partial charge in [-0.15, -0.1) is 0 Å². The fourth-order valence-corrected chi connectivity index (χ4v) is 2.73. The molecule has 0 unspecified atom stereocenters. The molecule has 1 heterocycles. The van der Waals surface area contributed by atoms with E-state index in [0.29, 0.717) is 22.7 Å². The van der Waals surface area contributed by atoms with Crippen molar-refractivity contribution >= 4 is 44.6 Å². The van der Waals surface area contributed by atoms with Crippen molar-refractivity contribution in [3.8, 4) is 11.8 Å². The van der Waals surface area contributed by atoms with Crippen molar-refractivity contribution in [2.75, 3.05) is 13.7 Å². The number of allylic oxidation sites excluding steroid dienone is 1. The molecule has 6 nitrogen and oxygen atoms in total. The lowest BCUT2D eigenvalue weighted by molar-refractivity contribution is -0.142. The van der Waals surface area contributed by atoms with Crippen LogP contribution >= 0.6 is 15.9 Å². The molecule has 0 fully saturated rings. The van der Waals surface area contributed by atoms with Crippen molar-refractivity contribution in [1.82, 2.24) is 9.97 Å². The number of carbonyl (C=O) groups is 1. The van der Waals surface area contributed by atoms with Gasteiger partial charge in [0, 0.05) is 10.0 Å². The number of halogens is 1. The van der Waals surface area contributed by atoms with Crippen LogP contribution in [0.3, 0.4) is 0 Å². The van der Waals surface area contributed by atoms with Gasteiger partial charge in [0.25, 0.3) is 0 Å². The smallest absolute Gasteiger partial charge is 0.343 e. The summed E-state index contributed by atoms with van der Waals surface area (Å²) in [6.07, 6.45) is 1.66. The maximum atomic E-state index is 11.3. The molecular formula is C19H14BrN3O3. The Kier molecular flexibility index (Phi) is 5.34. The van der Waals surface area contributed by atoms with Gasteiger partial charge in [-0.3, -0.25) is 0 Å². The fourth-order valence-electron chi connectivity index (χ4n) is 2.35. The van der Waals surface area contributed by atoms with Crippen LogP contribution in [0.4, 0.5) is 0 Å². The van der Waals surface area contributed by atoms with Gasteiger partial charge in [0.05, 0.1) is 23.7 Å². The van der Waals surface area contributed by atoms with Gasteiger partial charge in [-0.25, -0.2) is 9.78 Å². The molecule has 0 bridgehead atoms. The summed E-state index contributed by atoms with van der Waals surface area (Å²) < 4.78 is 10.9. The molecule has 3 rings (SSSR count). The lowest BCUT2D eigenvalue weighted by Crippen LogP contribution is -2.13. The van der Waals surface area contributed by atoms with Crippen LogP contribution in [0, 0.1) is 11.3 Å². The first kappa shape index (κ1) is 17.7. The normalized spacial score (nSPS) is 11.2. The maximum absolute atomic E-state index is 11.3. The summed E-state index contributed by atoms with van der Waals surface area (Å²) in [4.78, 5) is 18.9. The first-order valence-corrected chi connectivity index (χ1v) is 8.46. The van der Waals surface area contributed by atoms with Crippen molar-refractivity contribution in [1.29, 1.82) is 5.26 Å². The standard InChI is InChI=1S/C19H14BrN3O3/c1-25-18(24)11-26-17-7-6-14(20)9-12(17)8-13(10-21)19-22-15-4-2-3-5-16(15)23-19/h2-9H,11H2,1H3,(H,22,23)/b13-8+. The number of benzene rings is 2. The molecule has 0 saturated carbocycles. The predicted octanol–water partition coefficient (Wildman–Crippen LogP) is 3.94. The van der Waals surface area contributed by atoms with Gasteiger partial charge >= 0.3 is 5.97 Å². The third-order valence-electron chi connectivity index (χ3n) is 3.61. The topological polar surface area (TPSA) is 88.0 Å². The minimum atomic E-state index is -0.486. The van der Waals surface area contributed by atoms with E-state index in [-0.39, 0.29) is 6.61 Å². The maximum Gasteiger partial charge on any atom is 0.343 e. The number of imidazole rings is 1. The molecule has 0 atom stereocenters. The second-order valence-electron chi connectivity index (χ2n) is 5.32. The molecule has 0 aliphatic carbocycles. The van der Waals surface area contributed by atoms with Crippen LogP contribution in [0.1, 0.15) is 11.4 Å². The van der Waals surface area contributed by atoms with Crippen LogP contribution in [0.15, 0.2) is 46.9 Å². The molecule has 0 saturated heterocycles. The summed E-state index contributed by atoms with van der Waals surface area (Å²) in [7, 11) is 1.30. The lowest BCUT2D eigenvalue weighted by atomic mass is 10.1. The number of rotatable bonds is 5. The summed E-state index contributed by atoms with van der Waals surface area (Å²) in [5.74, 6) is 0.440. The highest BCUT2D eigenvalue weighted by Crippen LogP contribution is 2.28. The van der Waals surface area contributed by atoms with E-state index in [1.54, 1.807) is 24.3 Å². The Balaban J connectivity index is 1.99. The van der Waals surface area contributed by atoms with E-state index in [0.717, 1.165) is 15.5 Å². The Morgan fingerprint density at radius 3 is 2.88 bits per heavy atom. The van der Waals surface area contributed by atoms with Gasteiger partial charge < -0.3 is 14.5 Å². The number of aromatic nitrogens is 2. The monoisotopic (exact) mass is 411 g/mol. The quantitative estimate of drug-likeness (QED) is 0.507. The lowest BCUT2D eigenvalue weighted by Gasteiger charge is -2.09. The number of fused-ring (bicyclic) bond motifs is 1. The largest absolute Gasteiger partial charge is 0.481 e. The number of hydrogen-bond acceptors (Lipinski definition) is 5. The Morgan fingerprint density at radius 2 is 2.15 bits per heavy atom.